The molecule has 0 saturated carbocycles. The quantitative estimate of drug-likeness (QED) is 0.165. The van der Waals surface area contributed by atoms with E-state index < -0.39 is 11.9 Å². The maximum Gasteiger partial charge on any atom is 0.332 e. The minimum absolute atomic E-state index is 0.126. The zero-order chi connectivity index (χ0) is 21.0. The van der Waals surface area contributed by atoms with Gasteiger partial charge in [-0.05, 0) is 25.7 Å². The zero-order valence-corrected chi connectivity index (χ0v) is 18.4. The summed E-state index contributed by atoms with van der Waals surface area (Å²) in [5, 5.41) is 19.0. The molecule has 164 valence electrons. The highest BCUT2D eigenvalue weighted by Crippen LogP contribution is 2.21. The minimum atomic E-state index is -1.06. The van der Waals surface area contributed by atoms with E-state index in [1.165, 1.54) is 64.2 Å². The molecule has 0 radical (unpaired) electrons. The Morgan fingerprint density at radius 2 is 0.714 bits per heavy atom. The molecule has 0 fully saturated rings. The lowest BCUT2D eigenvalue weighted by Crippen LogP contribution is -2.12. The van der Waals surface area contributed by atoms with E-state index in [9.17, 15) is 19.8 Å². The molecule has 0 aliphatic carbocycles. The first kappa shape index (κ1) is 26.7. The molecule has 0 amide bonds. The molecule has 0 saturated heterocycles. The van der Waals surface area contributed by atoms with E-state index in [-0.39, 0.29) is 11.1 Å². The molecule has 0 heterocycles. The SMILES string of the molecule is CCCCCCCCCC/C(C(=O)O)=C(\CCCCCCCCCC)C(=O)O. The topological polar surface area (TPSA) is 74.6 Å². The molecule has 4 heteroatoms. The van der Waals surface area contributed by atoms with Gasteiger partial charge in [0.25, 0.3) is 0 Å². The summed E-state index contributed by atoms with van der Waals surface area (Å²) < 4.78 is 0. The number of rotatable bonds is 20. The lowest BCUT2D eigenvalue weighted by molar-refractivity contribution is -0.136. The van der Waals surface area contributed by atoms with E-state index in [4.69, 9.17) is 0 Å². The summed E-state index contributed by atoms with van der Waals surface area (Å²) in [7, 11) is 0. The average molecular weight is 397 g/mol. The third-order valence-corrected chi connectivity index (χ3v) is 5.44. The number of hydrogen-bond donors (Lipinski definition) is 2. The van der Waals surface area contributed by atoms with Gasteiger partial charge in [-0.1, -0.05) is 104 Å². The van der Waals surface area contributed by atoms with Gasteiger partial charge in [0, 0.05) is 11.1 Å². The predicted octanol–water partition coefficient (Wildman–Crippen LogP) is 7.51. The summed E-state index contributed by atoms with van der Waals surface area (Å²) in [6.07, 6.45) is 18.9. The van der Waals surface area contributed by atoms with Gasteiger partial charge < -0.3 is 10.2 Å². The zero-order valence-electron chi connectivity index (χ0n) is 18.4. The van der Waals surface area contributed by atoms with Gasteiger partial charge in [0.2, 0.25) is 0 Å². The standard InChI is InChI=1S/C24H44O4/c1-3-5-7-9-11-13-15-17-19-21(23(25)26)22(24(27)28)20-18-16-14-12-10-8-6-4-2/h3-20H2,1-2H3,(H,25,26)(H,27,28)/b22-21-. The second kappa shape index (κ2) is 19.0. The number of carboxylic acid groups (broad SMARTS) is 2. The number of aliphatic carboxylic acids is 2. The lowest BCUT2D eigenvalue weighted by atomic mass is 9.96. The Hall–Kier alpha value is -1.32. The summed E-state index contributed by atoms with van der Waals surface area (Å²) in [4.78, 5) is 23.2. The minimum Gasteiger partial charge on any atom is -0.478 e. The Balaban J connectivity index is 4.26. The molecule has 0 aliphatic rings. The van der Waals surface area contributed by atoms with Crippen LogP contribution in [-0.2, 0) is 9.59 Å². The van der Waals surface area contributed by atoms with Crippen LogP contribution in [0.3, 0.4) is 0 Å². The van der Waals surface area contributed by atoms with E-state index in [1.54, 1.807) is 0 Å². The number of carbonyl (C=O) groups is 2. The van der Waals surface area contributed by atoms with Crippen LogP contribution < -0.4 is 0 Å². The molecule has 0 spiro atoms. The molecule has 0 aromatic heterocycles. The van der Waals surface area contributed by atoms with Crippen molar-refractivity contribution in [1.82, 2.24) is 0 Å². The molecule has 0 rings (SSSR count). The van der Waals surface area contributed by atoms with E-state index in [2.05, 4.69) is 13.8 Å². The van der Waals surface area contributed by atoms with Crippen LogP contribution in [-0.4, -0.2) is 22.2 Å². The highest BCUT2D eigenvalue weighted by Gasteiger charge is 2.19. The highest BCUT2D eigenvalue weighted by atomic mass is 16.4. The average Bonchev–Trinajstić information content (AvgIpc) is 2.66. The van der Waals surface area contributed by atoms with Gasteiger partial charge in [0.15, 0.2) is 0 Å². The van der Waals surface area contributed by atoms with Crippen molar-refractivity contribution in [2.75, 3.05) is 0 Å². The van der Waals surface area contributed by atoms with Crippen molar-refractivity contribution in [3.63, 3.8) is 0 Å². The van der Waals surface area contributed by atoms with Crippen LogP contribution in [0.4, 0.5) is 0 Å². The summed E-state index contributed by atoms with van der Waals surface area (Å²) >= 11 is 0. The van der Waals surface area contributed by atoms with E-state index in [0.717, 1.165) is 38.5 Å². The maximum atomic E-state index is 11.6. The molecule has 0 aliphatic heterocycles. The molecule has 0 aromatic carbocycles. The molecule has 28 heavy (non-hydrogen) atoms. The summed E-state index contributed by atoms with van der Waals surface area (Å²) in [5.41, 5.74) is 0.253. The number of carboxylic acids is 2. The molecule has 0 unspecified atom stereocenters. The second-order valence-corrected chi connectivity index (χ2v) is 8.02. The molecular weight excluding hydrogens is 352 g/mol. The Morgan fingerprint density at radius 1 is 0.464 bits per heavy atom. The van der Waals surface area contributed by atoms with Crippen LogP contribution in [0, 0.1) is 0 Å². The van der Waals surface area contributed by atoms with Crippen LogP contribution in [0.5, 0.6) is 0 Å². The van der Waals surface area contributed by atoms with Crippen molar-refractivity contribution in [2.24, 2.45) is 0 Å². The van der Waals surface area contributed by atoms with Gasteiger partial charge in [-0.25, -0.2) is 9.59 Å². The van der Waals surface area contributed by atoms with Crippen LogP contribution in [0.15, 0.2) is 11.1 Å². The van der Waals surface area contributed by atoms with Gasteiger partial charge >= 0.3 is 11.9 Å². The van der Waals surface area contributed by atoms with E-state index in [0.29, 0.717) is 12.8 Å². The van der Waals surface area contributed by atoms with Gasteiger partial charge in [0.1, 0.15) is 0 Å². The van der Waals surface area contributed by atoms with E-state index >= 15 is 0 Å². The Bertz CT molecular complexity index is 400. The molecule has 0 aromatic rings. The third kappa shape index (κ3) is 14.7. The Labute approximate surface area is 172 Å². The van der Waals surface area contributed by atoms with Gasteiger partial charge in [0.05, 0.1) is 0 Å². The normalized spacial score (nSPS) is 12.1. The summed E-state index contributed by atoms with van der Waals surface area (Å²) in [6, 6.07) is 0. The fourth-order valence-corrected chi connectivity index (χ4v) is 3.65. The van der Waals surface area contributed by atoms with Crippen LogP contribution in [0.2, 0.25) is 0 Å². The van der Waals surface area contributed by atoms with Gasteiger partial charge in [-0.3, -0.25) is 0 Å². The van der Waals surface area contributed by atoms with E-state index in [1.807, 2.05) is 0 Å². The van der Waals surface area contributed by atoms with Crippen molar-refractivity contribution in [3.8, 4) is 0 Å². The van der Waals surface area contributed by atoms with Crippen molar-refractivity contribution < 1.29 is 19.8 Å². The highest BCUT2D eigenvalue weighted by molar-refractivity contribution is 5.98. The van der Waals surface area contributed by atoms with Crippen LogP contribution in [0.25, 0.3) is 0 Å². The number of unbranched alkanes of at least 4 members (excludes halogenated alkanes) is 14. The first-order valence-electron chi connectivity index (χ1n) is 11.7. The second-order valence-electron chi connectivity index (χ2n) is 8.02. The van der Waals surface area contributed by atoms with Gasteiger partial charge in [-0.15, -0.1) is 0 Å². The smallest absolute Gasteiger partial charge is 0.332 e. The molecule has 0 bridgehead atoms. The first-order valence-corrected chi connectivity index (χ1v) is 11.7. The predicted molar refractivity (Wildman–Crippen MR) is 117 cm³/mol. The Kier molecular flexibility index (Phi) is 18.1. The van der Waals surface area contributed by atoms with Crippen LogP contribution in [0.1, 0.15) is 129 Å². The first-order chi connectivity index (χ1) is 13.5. The molecular formula is C24H44O4. The fourth-order valence-electron chi connectivity index (χ4n) is 3.65. The van der Waals surface area contributed by atoms with Crippen LogP contribution >= 0.6 is 0 Å². The summed E-state index contributed by atoms with van der Waals surface area (Å²) in [5.74, 6) is -2.11. The Morgan fingerprint density at radius 3 is 0.964 bits per heavy atom. The van der Waals surface area contributed by atoms with Crippen molar-refractivity contribution in [1.29, 1.82) is 0 Å². The fraction of sp³-hybridized carbons (Fsp3) is 0.833. The van der Waals surface area contributed by atoms with Gasteiger partial charge in [-0.2, -0.15) is 0 Å². The number of hydrogen-bond acceptors (Lipinski definition) is 2. The molecule has 2 N–H and O–H groups in total. The van der Waals surface area contributed by atoms with Crippen molar-refractivity contribution in [2.45, 2.75) is 129 Å². The molecule has 4 nitrogen and oxygen atoms in total. The summed E-state index contributed by atoms with van der Waals surface area (Å²) in [6.45, 7) is 4.40. The molecule has 0 atom stereocenters. The largest absolute Gasteiger partial charge is 0.478 e. The maximum absolute atomic E-state index is 11.6. The van der Waals surface area contributed by atoms with Crippen molar-refractivity contribution in [3.05, 3.63) is 11.1 Å². The monoisotopic (exact) mass is 396 g/mol. The lowest BCUT2D eigenvalue weighted by Gasteiger charge is -2.09. The third-order valence-electron chi connectivity index (χ3n) is 5.44. The van der Waals surface area contributed by atoms with Crippen molar-refractivity contribution >= 4 is 11.9 Å².